The van der Waals surface area contributed by atoms with Crippen molar-refractivity contribution in [1.29, 1.82) is 0 Å². The topological polar surface area (TPSA) is 58.7 Å². The van der Waals surface area contributed by atoms with Gasteiger partial charge in [0, 0.05) is 25.1 Å². The Morgan fingerprint density at radius 1 is 1.03 bits per heavy atom. The first kappa shape index (κ1) is 20.5. The summed E-state index contributed by atoms with van der Waals surface area (Å²) in [5.74, 6) is 0.938. The summed E-state index contributed by atoms with van der Waals surface area (Å²) in [5, 5.41) is 13.3. The molecule has 0 spiro atoms. The van der Waals surface area contributed by atoms with E-state index < -0.39 is 0 Å². The summed E-state index contributed by atoms with van der Waals surface area (Å²) < 4.78 is 6.44. The summed E-state index contributed by atoms with van der Waals surface area (Å²) in [5.41, 5.74) is 10.5. The normalized spacial score (nSPS) is 22.5. The van der Waals surface area contributed by atoms with Crippen LogP contribution in [-0.2, 0) is 17.7 Å². The predicted molar refractivity (Wildman–Crippen MR) is 125 cm³/mol. The highest BCUT2D eigenvalue weighted by atomic mass is 16.5. The molecule has 2 heterocycles. The van der Waals surface area contributed by atoms with Crippen molar-refractivity contribution in [3.63, 3.8) is 0 Å². The Bertz CT molecular complexity index is 1070. The lowest BCUT2D eigenvalue weighted by Gasteiger charge is -2.40. The van der Waals surface area contributed by atoms with Gasteiger partial charge in [0.15, 0.2) is 0 Å². The lowest BCUT2D eigenvalue weighted by atomic mass is 9.83. The van der Waals surface area contributed by atoms with Crippen LogP contribution in [0.1, 0.15) is 41.2 Å². The second-order valence-electron chi connectivity index (χ2n) is 9.20. The first-order chi connectivity index (χ1) is 15.1. The van der Waals surface area contributed by atoms with Crippen molar-refractivity contribution in [3.05, 3.63) is 76.9 Å². The summed E-state index contributed by atoms with van der Waals surface area (Å²) >= 11 is 0. The van der Waals surface area contributed by atoms with Crippen molar-refractivity contribution < 1.29 is 9.84 Å². The molecule has 4 heteroatoms. The third-order valence-corrected chi connectivity index (χ3v) is 7.20. The van der Waals surface area contributed by atoms with E-state index >= 15 is 0 Å². The van der Waals surface area contributed by atoms with E-state index in [2.05, 4.69) is 53.4 Å². The third kappa shape index (κ3) is 4.08. The molecule has 162 valence electrons. The van der Waals surface area contributed by atoms with Crippen LogP contribution >= 0.6 is 0 Å². The van der Waals surface area contributed by atoms with Gasteiger partial charge < -0.3 is 15.6 Å². The molecular formula is C27H32N2O2. The van der Waals surface area contributed by atoms with Gasteiger partial charge in [0.1, 0.15) is 5.75 Å². The Kier molecular flexibility index (Phi) is 5.70. The van der Waals surface area contributed by atoms with E-state index in [0.717, 1.165) is 55.6 Å². The number of likely N-dealkylation sites (tertiary alicyclic amines) is 1. The van der Waals surface area contributed by atoms with Crippen LogP contribution in [0.4, 0.5) is 0 Å². The van der Waals surface area contributed by atoms with Crippen LogP contribution in [0.25, 0.3) is 10.8 Å². The molecule has 2 aliphatic heterocycles. The zero-order chi connectivity index (χ0) is 21.4. The fourth-order valence-electron chi connectivity index (χ4n) is 5.36. The average Bonchev–Trinajstić information content (AvgIpc) is 2.81. The summed E-state index contributed by atoms with van der Waals surface area (Å²) in [6, 6.07) is 19.4. The number of nitrogens with two attached hydrogens (primary N) is 1. The number of hydrogen-bond donors (Lipinski definition) is 2. The van der Waals surface area contributed by atoms with Gasteiger partial charge in [-0.15, -0.1) is 0 Å². The van der Waals surface area contributed by atoms with Crippen LogP contribution in [0.15, 0.2) is 54.6 Å². The Labute approximate surface area is 184 Å². The molecule has 3 aromatic carbocycles. The number of fused-ring (bicyclic) bond motifs is 2. The molecule has 0 saturated carbocycles. The quantitative estimate of drug-likeness (QED) is 0.647. The highest BCUT2D eigenvalue weighted by Crippen LogP contribution is 2.40. The maximum atomic E-state index is 10.6. The molecule has 0 unspecified atom stereocenters. The van der Waals surface area contributed by atoms with E-state index in [1.54, 1.807) is 0 Å². The maximum absolute atomic E-state index is 10.6. The van der Waals surface area contributed by atoms with E-state index in [-0.39, 0.29) is 12.2 Å². The van der Waals surface area contributed by atoms with Crippen LogP contribution in [0, 0.1) is 12.8 Å². The Balaban J connectivity index is 1.24. The molecule has 2 atom stereocenters. The minimum Gasteiger partial charge on any atom is -0.507 e. The van der Waals surface area contributed by atoms with Gasteiger partial charge in [-0.1, -0.05) is 48.5 Å². The molecule has 0 amide bonds. The lowest BCUT2D eigenvalue weighted by molar-refractivity contribution is -0.0651. The molecule has 1 saturated heterocycles. The molecule has 3 N–H and O–H groups in total. The SMILES string of the molecule is Cc1ccc2c(c1O)C[C@@H](C1CCN(Cc3ccc4ccccc4c3)CC1)O[C@H]2CN. The fraction of sp³-hybridized carbons (Fsp3) is 0.407. The minimum absolute atomic E-state index is 0.115. The van der Waals surface area contributed by atoms with Gasteiger partial charge in [0.05, 0.1) is 12.2 Å². The van der Waals surface area contributed by atoms with Crippen LogP contribution in [-0.4, -0.2) is 35.7 Å². The highest BCUT2D eigenvalue weighted by molar-refractivity contribution is 5.82. The highest BCUT2D eigenvalue weighted by Gasteiger charge is 2.35. The molecule has 0 aromatic heterocycles. The zero-order valence-corrected chi connectivity index (χ0v) is 18.3. The van der Waals surface area contributed by atoms with E-state index in [0.29, 0.717) is 18.2 Å². The van der Waals surface area contributed by atoms with Gasteiger partial charge in [0.2, 0.25) is 0 Å². The monoisotopic (exact) mass is 416 g/mol. The molecule has 2 aliphatic rings. The average molecular weight is 417 g/mol. The number of ether oxygens (including phenoxy) is 1. The summed E-state index contributed by atoms with van der Waals surface area (Å²) in [7, 11) is 0. The van der Waals surface area contributed by atoms with E-state index in [9.17, 15) is 5.11 Å². The van der Waals surface area contributed by atoms with Gasteiger partial charge in [-0.25, -0.2) is 0 Å². The summed E-state index contributed by atoms with van der Waals surface area (Å²) in [4.78, 5) is 2.55. The summed E-state index contributed by atoms with van der Waals surface area (Å²) in [6.07, 6.45) is 3.05. The predicted octanol–water partition coefficient (Wildman–Crippen LogP) is 4.71. The van der Waals surface area contributed by atoms with Crippen LogP contribution in [0.2, 0.25) is 0 Å². The van der Waals surface area contributed by atoms with Crippen LogP contribution in [0.3, 0.4) is 0 Å². The second-order valence-corrected chi connectivity index (χ2v) is 9.20. The van der Waals surface area contributed by atoms with Gasteiger partial charge in [0.25, 0.3) is 0 Å². The molecule has 31 heavy (non-hydrogen) atoms. The Morgan fingerprint density at radius 2 is 1.81 bits per heavy atom. The third-order valence-electron chi connectivity index (χ3n) is 7.20. The molecule has 0 radical (unpaired) electrons. The molecule has 0 bridgehead atoms. The van der Waals surface area contributed by atoms with Crippen molar-refractivity contribution in [1.82, 2.24) is 4.90 Å². The van der Waals surface area contributed by atoms with E-state index in [1.807, 2.05) is 13.0 Å². The molecule has 0 aliphatic carbocycles. The van der Waals surface area contributed by atoms with Gasteiger partial charge in [-0.3, -0.25) is 4.90 Å². The summed E-state index contributed by atoms with van der Waals surface area (Å²) in [6.45, 7) is 5.57. The lowest BCUT2D eigenvalue weighted by Crippen LogP contribution is -2.41. The van der Waals surface area contributed by atoms with Gasteiger partial charge >= 0.3 is 0 Å². The van der Waals surface area contributed by atoms with Gasteiger partial charge in [-0.2, -0.15) is 0 Å². The van der Waals surface area contributed by atoms with Crippen molar-refractivity contribution in [3.8, 4) is 5.75 Å². The van der Waals surface area contributed by atoms with Crippen molar-refractivity contribution in [2.75, 3.05) is 19.6 Å². The number of phenolic OH excluding ortho intramolecular Hbond substituents is 1. The number of aryl methyl sites for hydroxylation is 1. The molecule has 5 rings (SSSR count). The number of benzene rings is 3. The van der Waals surface area contributed by atoms with E-state index in [4.69, 9.17) is 10.5 Å². The van der Waals surface area contributed by atoms with Crippen molar-refractivity contribution in [2.24, 2.45) is 11.7 Å². The van der Waals surface area contributed by atoms with E-state index in [1.165, 1.54) is 16.3 Å². The van der Waals surface area contributed by atoms with Crippen molar-refractivity contribution in [2.45, 2.75) is 44.9 Å². The van der Waals surface area contributed by atoms with Crippen LogP contribution in [0.5, 0.6) is 5.75 Å². The first-order valence-electron chi connectivity index (χ1n) is 11.5. The number of hydrogen-bond acceptors (Lipinski definition) is 4. The Morgan fingerprint density at radius 3 is 2.58 bits per heavy atom. The Hall–Kier alpha value is -2.40. The number of piperidine rings is 1. The van der Waals surface area contributed by atoms with Crippen molar-refractivity contribution >= 4 is 10.8 Å². The number of nitrogens with zero attached hydrogens (tertiary/aromatic N) is 1. The zero-order valence-electron chi connectivity index (χ0n) is 18.3. The second kappa shape index (κ2) is 8.62. The first-order valence-corrected chi connectivity index (χ1v) is 11.5. The number of phenols is 1. The molecule has 3 aromatic rings. The maximum Gasteiger partial charge on any atom is 0.122 e. The van der Waals surface area contributed by atoms with Gasteiger partial charge in [-0.05, 0) is 72.3 Å². The van der Waals surface area contributed by atoms with Crippen LogP contribution < -0.4 is 5.73 Å². The molecular weight excluding hydrogens is 384 g/mol. The standard InChI is InChI=1S/C27H32N2O2/c1-18-6-9-23-24(27(18)30)15-25(31-26(23)16-28)21-10-12-29(13-11-21)17-19-7-8-20-4-2-3-5-22(20)14-19/h2-9,14,21,25-26,30H,10-13,15-17,28H2,1H3/t25-,26-/m0/s1. The molecule has 1 fully saturated rings. The molecule has 4 nitrogen and oxygen atoms in total. The largest absolute Gasteiger partial charge is 0.507 e. The smallest absolute Gasteiger partial charge is 0.122 e. The minimum atomic E-state index is -0.115. The fourth-order valence-corrected chi connectivity index (χ4v) is 5.36. The number of rotatable bonds is 4. The number of aromatic hydroxyl groups is 1.